The Morgan fingerprint density at radius 3 is 2.30 bits per heavy atom. The highest BCUT2D eigenvalue weighted by atomic mass is 19.1. The van der Waals surface area contributed by atoms with Gasteiger partial charge in [0.15, 0.2) is 0 Å². The van der Waals surface area contributed by atoms with Crippen LogP contribution >= 0.6 is 0 Å². The van der Waals surface area contributed by atoms with Gasteiger partial charge in [0.2, 0.25) is 11.8 Å². The molecule has 23 heavy (non-hydrogen) atoms. The van der Waals surface area contributed by atoms with Crippen molar-refractivity contribution in [2.45, 2.75) is 25.9 Å². The molecule has 1 N–H and O–H groups in total. The molecule has 0 bridgehead atoms. The minimum atomic E-state index is -0.238. The Kier molecular flexibility index (Phi) is 4.48. The number of aromatic nitrogens is 2. The highest BCUT2D eigenvalue weighted by molar-refractivity contribution is 5.51. The van der Waals surface area contributed by atoms with Crippen molar-refractivity contribution >= 4 is 0 Å². The first-order valence-electron chi connectivity index (χ1n) is 7.54. The van der Waals surface area contributed by atoms with Gasteiger partial charge in [0.05, 0.1) is 6.04 Å². The number of hydrogen-bond acceptors (Lipinski definition) is 4. The van der Waals surface area contributed by atoms with Crippen molar-refractivity contribution in [2.24, 2.45) is 0 Å². The van der Waals surface area contributed by atoms with Crippen LogP contribution in [0.5, 0.6) is 0 Å². The molecular weight excluding hydrogens is 293 g/mol. The van der Waals surface area contributed by atoms with Crippen molar-refractivity contribution in [2.75, 3.05) is 0 Å². The van der Waals surface area contributed by atoms with Crippen LogP contribution < -0.4 is 5.32 Å². The second-order valence-electron chi connectivity index (χ2n) is 5.47. The lowest BCUT2D eigenvalue weighted by atomic mass is 10.1. The summed E-state index contributed by atoms with van der Waals surface area (Å²) in [5, 5.41) is 11.6. The molecule has 5 heteroatoms. The van der Waals surface area contributed by atoms with E-state index in [-0.39, 0.29) is 17.9 Å². The van der Waals surface area contributed by atoms with Crippen LogP contribution in [0.1, 0.15) is 37.4 Å². The summed E-state index contributed by atoms with van der Waals surface area (Å²) in [7, 11) is 0. The predicted octanol–water partition coefficient (Wildman–Crippen LogP) is 4.29. The van der Waals surface area contributed by atoms with Crippen molar-refractivity contribution in [1.82, 2.24) is 15.5 Å². The van der Waals surface area contributed by atoms with E-state index in [2.05, 4.69) is 15.5 Å². The third-order valence-electron chi connectivity index (χ3n) is 3.70. The molecule has 0 fully saturated rings. The fraction of sp³-hybridized carbons (Fsp3) is 0.222. The molecule has 2 aromatic carbocycles. The summed E-state index contributed by atoms with van der Waals surface area (Å²) >= 11 is 0. The number of halogens is 1. The van der Waals surface area contributed by atoms with E-state index in [0.29, 0.717) is 11.8 Å². The van der Waals surface area contributed by atoms with Gasteiger partial charge in [-0.25, -0.2) is 4.39 Å². The van der Waals surface area contributed by atoms with E-state index in [9.17, 15) is 4.39 Å². The zero-order valence-electron chi connectivity index (χ0n) is 13.0. The van der Waals surface area contributed by atoms with Gasteiger partial charge in [-0.05, 0) is 43.7 Å². The summed E-state index contributed by atoms with van der Waals surface area (Å²) in [5.74, 6) is 0.792. The molecule has 0 amide bonds. The standard InChI is InChI=1S/C18H18FN3O/c1-12(14-8-10-16(19)11-9-14)20-13(2)17-21-22-18(23-17)15-6-4-3-5-7-15/h3-13,20H,1-2H3/t12-,13-/m1/s1. The average molecular weight is 311 g/mol. The Morgan fingerprint density at radius 2 is 1.61 bits per heavy atom. The average Bonchev–Trinajstić information content (AvgIpc) is 3.06. The Hall–Kier alpha value is -2.53. The van der Waals surface area contributed by atoms with Crippen LogP contribution in [-0.2, 0) is 0 Å². The van der Waals surface area contributed by atoms with Crippen LogP contribution in [0.2, 0.25) is 0 Å². The third-order valence-corrected chi connectivity index (χ3v) is 3.70. The van der Waals surface area contributed by atoms with Gasteiger partial charge >= 0.3 is 0 Å². The van der Waals surface area contributed by atoms with Gasteiger partial charge in [-0.1, -0.05) is 30.3 Å². The monoisotopic (exact) mass is 311 g/mol. The van der Waals surface area contributed by atoms with E-state index < -0.39 is 0 Å². The smallest absolute Gasteiger partial charge is 0.247 e. The maximum absolute atomic E-state index is 13.0. The molecule has 118 valence electrons. The van der Waals surface area contributed by atoms with Gasteiger partial charge in [-0.3, -0.25) is 5.32 Å². The molecule has 0 saturated carbocycles. The molecule has 0 aliphatic rings. The molecule has 3 aromatic rings. The maximum Gasteiger partial charge on any atom is 0.247 e. The van der Waals surface area contributed by atoms with Crippen molar-refractivity contribution < 1.29 is 8.81 Å². The molecule has 4 nitrogen and oxygen atoms in total. The number of nitrogens with one attached hydrogen (secondary N) is 1. The summed E-state index contributed by atoms with van der Waals surface area (Å²) in [6.45, 7) is 3.97. The van der Waals surface area contributed by atoms with E-state index >= 15 is 0 Å². The normalized spacial score (nSPS) is 13.7. The van der Waals surface area contributed by atoms with Gasteiger partial charge in [0.1, 0.15) is 5.82 Å². The molecule has 0 spiro atoms. The van der Waals surface area contributed by atoms with E-state index in [1.165, 1.54) is 12.1 Å². The minimum absolute atomic E-state index is 0.0395. The number of hydrogen-bond donors (Lipinski definition) is 1. The van der Waals surface area contributed by atoms with E-state index in [0.717, 1.165) is 11.1 Å². The maximum atomic E-state index is 13.0. The zero-order chi connectivity index (χ0) is 16.2. The van der Waals surface area contributed by atoms with E-state index in [4.69, 9.17) is 4.42 Å². The molecule has 2 atom stereocenters. The SMILES string of the molecule is C[C@@H](N[C@H](C)c1nnc(-c2ccccc2)o1)c1ccc(F)cc1. The second kappa shape index (κ2) is 6.71. The Balaban J connectivity index is 1.70. The van der Waals surface area contributed by atoms with Crippen LogP contribution in [0.3, 0.4) is 0 Å². The summed E-state index contributed by atoms with van der Waals surface area (Å²) in [5.41, 5.74) is 1.89. The lowest BCUT2D eigenvalue weighted by Crippen LogP contribution is -2.22. The summed E-state index contributed by atoms with van der Waals surface area (Å²) in [6.07, 6.45) is 0. The van der Waals surface area contributed by atoms with Gasteiger partial charge < -0.3 is 4.42 Å². The Bertz CT molecular complexity index is 755. The third kappa shape index (κ3) is 3.63. The van der Waals surface area contributed by atoms with Crippen LogP contribution in [0.25, 0.3) is 11.5 Å². The molecule has 0 aliphatic heterocycles. The van der Waals surface area contributed by atoms with Gasteiger partial charge in [-0.15, -0.1) is 10.2 Å². The van der Waals surface area contributed by atoms with Crippen molar-refractivity contribution in [3.8, 4) is 11.5 Å². The fourth-order valence-corrected chi connectivity index (χ4v) is 2.40. The molecular formula is C18H18FN3O. The fourth-order valence-electron chi connectivity index (χ4n) is 2.40. The van der Waals surface area contributed by atoms with Crippen LogP contribution in [0.4, 0.5) is 4.39 Å². The number of benzene rings is 2. The largest absolute Gasteiger partial charge is 0.419 e. The van der Waals surface area contributed by atoms with Gasteiger partial charge in [-0.2, -0.15) is 0 Å². The molecule has 1 aromatic heterocycles. The first-order chi connectivity index (χ1) is 11.1. The zero-order valence-corrected chi connectivity index (χ0v) is 13.0. The van der Waals surface area contributed by atoms with E-state index in [1.54, 1.807) is 12.1 Å². The van der Waals surface area contributed by atoms with Gasteiger partial charge in [0, 0.05) is 11.6 Å². The lowest BCUT2D eigenvalue weighted by Gasteiger charge is -2.17. The predicted molar refractivity (Wildman–Crippen MR) is 86.1 cm³/mol. The summed E-state index contributed by atoms with van der Waals surface area (Å²) < 4.78 is 18.7. The van der Waals surface area contributed by atoms with E-state index in [1.807, 2.05) is 44.2 Å². The summed E-state index contributed by atoms with van der Waals surface area (Å²) in [6, 6.07) is 16.0. The quantitative estimate of drug-likeness (QED) is 0.764. The molecule has 3 rings (SSSR count). The molecule has 0 radical (unpaired) electrons. The minimum Gasteiger partial charge on any atom is -0.419 e. The van der Waals surface area contributed by atoms with Crippen molar-refractivity contribution in [1.29, 1.82) is 0 Å². The second-order valence-corrected chi connectivity index (χ2v) is 5.47. The Morgan fingerprint density at radius 1 is 0.913 bits per heavy atom. The first kappa shape index (κ1) is 15.4. The Labute approximate surface area is 134 Å². The van der Waals surface area contributed by atoms with Crippen molar-refractivity contribution in [3.05, 3.63) is 71.9 Å². The molecule has 1 heterocycles. The first-order valence-corrected chi connectivity index (χ1v) is 7.54. The van der Waals surface area contributed by atoms with Crippen LogP contribution in [0.15, 0.2) is 59.0 Å². The highest BCUT2D eigenvalue weighted by Gasteiger charge is 2.17. The number of nitrogens with zero attached hydrogens (tertiary/aromatic N) is 2. The topological polar surface area (TPSA) is 51.0 Å². The van der Waals surface area contributed by atoms with Gasteiger partial charge in [0.25, 0.3) is 0 Å². The molecule has 0 saturated heterocycles. The molecule has 0 unspecified atom stereocenters. The number of rotatable bonds is 5. The molecule has 0 aliphatic carbocycles. The summed E-state index contributed by atoms with van der Waals surface area (Å²) in [4.78, 5) is 0. The van der Waals surface area contributed by atoms with Crippen LogP contribution in [0, 0.1) is 5.82 Å². The highest BCUT2D eigenvalue weighted by Crippen LogP contribution is 2.22. The van der Waals surface area contributed by atoms with Crippen LogP contribution in [-0.4, -0.2) is 10.2 Å². The van der Waals surface area contributed by atoms with Crippen molar-refractivity contribution in [3.63, 3.8) is 0 Å². The lowest BCUT2D eigenvalue weighted by molar-refractivity contribution is 0.394.